The zero-order valence-electron chi connectivity index (χ0n) is 17.5. The Kier molecular flexibility index (Phi) is 7.95. The first-order valence-corrected chi connectivity index (χ1v) is 11.1. The van der Waals surface area contributed by atoms with Gasteiger partial charge in [-0.15, -0.1) is 10.2 Å². The van der Waals surface area contributed by atoms with Crippen LogP contribution in [0.1, 0.15) is 24.2 Å². The van der Waals surface area contributed by atoms with E-state index < -0.39 is 6.10 Å². The van der Waals surface area contributed by atoms with Crippen molar-refractivity contribution in [3.05, 3.63) is 53.1 Å². The van der Waals surface area contributed by atoms with Crippen LogP contribution in [-0.2, 0) is 6.54 Å². The van der Waals surface area contributed by atoms with Crippen molar-refractivity contribution in [1.82, 2.24) is 14.8 Å². The van der Waals surface area contributed by atoms with Crippen LogP contribution in [0.2, 0.25) is 5.02 Å². The molecule has 0 saturated heterocycles. The molecular weight excluding hydrogens is 438 g/mol. The van der Waals surface area contributed by atoms with Crippen molar-refractivity contribution in [2.45, 2.75) is 31.7 Å². The number of methoxy groups -OCH3 is 1. The molecule has 1 heterocycles. The van der Waals surface area contributed by atoms with E-state index in [0.29, 0.717) is 39.5 Å². The number of Topliss-reactive ketones (excluding diaryl/α,β-unsaturated/α-hetero) is 1. The Morgan fingerprint density at radius 1 is 1.23 bits per heavy atom. The number of ether oxygens (including phenoxy) is 2. The van der Waals surface area contributed by atoms with Crippen molar-refractivity contribution in [3.8, 4) is 22.9 Å². The minimum atomic E-state index is -0.737. The fraction of sp³-hybridized carbons (Fsp3) is 0.318. The number of thioether (sulfide) groups is 1. The zero-order chi connectivity index (χ0) is 22.4. The highest BCUT2D eigenvalue weighted by Crippen LogP contribution is 2.29. The van der Waals surface area contributed by atoms with Crippen LogP contribution in [0.3, 0.4) is 0 Å². The lowest BCUT2D eigenvalue weighted by molar-refractivity contribution is 0.101. The second-order valence-corrected chi connectivity index (χ2v) is 8.18. The summed E-state index contributed by atoms with van der Waals surface area (Å²) in [6.45, 7) is 4.26. The summed E-state index contributed by atoms with van der Waals surface area (Å²) in [5.41, 5.74) is 1.42. The molecule has 7 nitrogen and oxygen atoms in total. The molecule has 3 aromatic rings. The molecule has 1 aromatic heterocycles. The van der Waals surface area contributed by atoms with E-state index in [1.54, 1.807) is 18.2 Å². The molecule has 1 N–H and O–H groups in total. The number of hydrogen-bond acceptors (Lipinski definition) is 7. The lowest BCUT2D eigenvalue weighted by Gasteiger charge is -2.15. The molecule has 31 heavy (non-hydrogen) atoms. The van der Waals surface area contributed by atoms with Crippen LogP contribution in [0.15, 0.2) is 47.6 Å². The predicted octanol–water partition coefficient (Wildman–Crippen LogP) is 4.36. The number of rotatable bonds is 10. The second-order valence-electron chi connectivity index (χ2n) is 6.76. The summed E-state index contributed by atoms with van der Waals surface area (Å²) in [5.74, 6) is 1.97. The first kappa shape index (κ1) is 23.1. The third kappa shape index (κ3) is 5.78. The number of hydrogen-bond donors (Lipinski definition) is 1. The van der Waals surface area contributed by atoms with Gasteiger partial charge in [0, 0.05) is 28.4 Å². The van der Waals surface area contributed by atoms with E-state index in [4.69, 9.17) is 21.1 Å². The predicted molar refractivity (Wildman–Crippen MR) is 121 cm³/mol. The molecule has 9 heteroatoms. The van der Waals surface area contributed by atoms with Gasteiger partial charge < -0.3 is 19.1 Å². The van der Waals surface area contributed by atoms with Crippen molar-refractivity contribution in [2.75, 3.05) is 19.5 Å². The lowest BCUT2D eigenvalue weighted by atomic mass is 10.1. The second kappa shape index (κ2) is 10.7. The standard InChI is InChI=1S/C22H24ClN3O4S/c1-4-26-21(16-6-5-7-17(23)10-16)24-25-22(26)31-13-18(28)12-30-19-9-8-15(14(2)27)11-20(19)29-3/h5-11,18,28H,4,12-13H2,1-3H3. The molecule has 0 aliphatic rings. The van der Waals surface area contributed by atoms with Crippen molar-refractivity contribution in [3.63, 3.8) is 0 Å². The van der Waals surface area contributed by atoms with Gasteiger partial charge in [0.05, 0.1) is 13.2 Å². The van der Waals surface area contributed by atoms with Crippen molar-refractivity contribution >= 4 is 29.1 Å². The summed E-state index contributed by atoms with van der Waals surface area (Å²) in [6.07, 6.45) is -0.737. The minimum Gasteiger partial charge on any atom is -0.493 e. The highest BCUT2D eigenvalue weighted by molar-refractivity contribution is 7.99. The summed E-state index contributed by atoms with van der Waals surface area (Å²) < 4.78 is 13.0. The number of aliphatic hydroxyl groups is 1. The number of ketones is 1. The fourth-order valence-electron chi connectivity index (χ4n) is 2.93. The number of nitrogens with zero attached hydrogens (tertiary/aromatic N) is 3. The first-order chi connectivity index (χ1) is 14.9. The van der Waals surface area contributed by atoms with E-state index in [0.717, 1.165) is 11.4 Å². The zero-order valence-corrected chi connectivity index (χ0v) is 19.1. The number of carbonyl (C=O) groups excluding carboxylic acids is 1. The van der Waals surface area contributed by atoms with Gasteiger partial charge in [-0.05, 0) is 44.2 Å². The summed E-state index contributed by atoms with van der Waals surface area (Å²) in [4.78, 5) is 11.5. The maximum absolute atomic E-state index is 11.5. The summed E-state index contributed by atoms with van der Waals surface area (Å²) in [6, 6.07) is 12.4. The first-order valence-electron chi connectivity index (χ1n) is 9.74. The van der Waals surface area contributed by atoms with Gasteiger partial charge in [0.1, 0.15) is 6.61 Å². The van der Waals surface area contributed by atoms with E-state index in [1.807, 2.05) is 35.8 Å². The smallest absolute Gasteiger partial charge is 0.191 e. The van der Waals surface area contributed by atoms with E-state index in [-0.39, 0.29) is 12.4 Å². The van der Waals surface area contributed by atoms with Crippen LogP contribution in [0.5, 0.6) is 11.5 Å². The monoisotopic (exact) mass is 461 g/mol. The van der Waals surface area contributed by atoms with Gasteiger partial charge in [-0.25, -0.2) is 0 Å². The molecule has 0 amide bonds. The van der Waals surface area contributed by atoms with Crippen LogP contribution < -0.4 is 9.47 Å². The van der Waals surface area contributed by atoms with Gasteiger partial charge >= 0.3 is 0 Å². The number of halogens is 1. The normalized spacial score (nSPS) is 11.9. The topological polar surface area (TPSA) is 86.5 Å². The van der Waals surface area contributed by atoms with Crippen LogP contribution >= 0.6 is 23.4 Å². The number of carbonyl (C=O) groups is 1. The molecule has 0 bridgehead atoms. The van der Waals surface area contributed by atoms with Crippen LogP contribution in [0, 0.1) is 0 Å². The number of aliphatic hydroxyl groups excluding tert-OH is 1. The Labute approximate surface area is 190 Å². The Bertz CT molecular complexity index is 1060. The largest absolute Gasteiger partial charge is 0.493 e. The molecule has 164 valence electrons. The van der Waals surface area contributed by atoms with Crippen molar-refractivity contribution < 1.29 is 19.4 Å². The molecule has 0 fully saturated rings. The summed E-state index contributed by atoms with van der Waals surface area (Å²) in [5, 5.41) is 20.3. The molecule has 2 aromatic carbocycles. The molecule has 3 rings (SSSR count). The van der Waals surface area contributed by atoms with Crippen LogP contribution in [0.4, 0.5) is 0 Å². The van der Waals surface area contributed by atoms with Gasteiger partial charge in [0.2, 0.25) is 0 Å². The third-order valence-electron chi connectivity index (χ3n) is 4.52. The summed E-state index contributed by atoms with van der Waals surface area (Å²) in [7, 11) is 1.51. The molecule has 0 aliphatic heterocycles. The van der Waals surface area contributed by atoms with Gasteiger partial charge in [-0.1, -0.05) is 35.5 Å². The quantitative estimate of drug-likeness (QED) is 0.354. The van der Waals surface area contributed by atoms with Gasteiger partial charge in [-0.3, -0.25) is 4.79 Å². The summed E-state index contributed by atoms with van der Waals surface area (Å²) >= 11 is 7.50. The Balaban J connectivity index is 1.61. The third-order valence-corrected chi connectivity index (χ3v) is 5.87. The lowest BCUT2D eigenvalue weighted by Crippen LogP contribution is -2.20. The molecule has 1 atom stereocenters. The van der Waals surface area contributed by atoms with Crippen molar-refractivity contribution in [1.29, 1.82) is 0 Å². The number of benzene rings is 2. The molecule has 1 unspecified atom stereocenters. The fourth-order valence-corrected chi connectivity index (χ4v) is 4.03. The van der Waals surface area contributed by atoms with E-state index in [9.17, 15) is 9.90 Å². The average Bonchev–Trinajstić information content (AvgIpc) is 3.19. The van der Waals surface area contributed by atoms with Gasteiger partial charge in [0.25, 0.3) is 0 Å². The molecule has 0 aliphatic carbocycles. The maximum atomic E-state index is 11.5. The van der Waals surface area contributed by atoms with E-state index in [1.165, 1.54) is 25.8 Å². The molecule has 0 spiro atoms. The number of aromatic nitrogens is 3. The SMILES string of the molecule is CCn1c(SCC(O)COc2ccc(C(C)=O)cc2OC)nnc1-c1cccc(Cl)c1. The van der Waals surface area contributed by atoms with E-state index >= 15 is 0 Å². The van der Waals surface area contributed by atoms with Crippen molar-refractivity contribution in [2.24, 2.45) is 0 Å². The molecule has 0 saturated carbocycles. The average molecular weight is 462 g/mol. The highest BCUT2D eigenvalue weighted by atomic mass is 35.5. The molecule has 0 radical (unpaired) electrons. The Hall–Kier alpha value is -2.55. The minimum absolute atomic E-state index is 0.0570. The Morgan fingerprint density at radius 2 is 2.03 bits per heavy atom. The Morgan fingerprint density at radius 3 is 2.71 bits per heavy atom. The van der Waals surface area contributed by atoms with Crippen LogP contribution in [-0.4, -0.2) is 51.2 Å². The van der Waals surface area contributed by atoms with Crippen LogP contribution in [0.25, 0.3) is 11.4 Å². The highest BCUT2D eigenvalue weighted by Gasteiger charge is 2.16. The molecular formula is C22H24ClN3O4S. The van der Waals surface area contributed by atoms with E-state index in [2.05, 4.69) is 10.2 Å². The van der Waals surface area contributed by atoms with Gasteiger partial charge in [-0.2, -0.15) is 0 Å². The van der Waals surface area contributed by atoms with Gasteiger partial charge in [0.15, 0.2) is 28.3 Å². The maximum Gasteiger partial charge on any atom is 0.191 e.